The van der Waals surface area contributed by atoms with E-state index in [2.05, 4.69) is 10.3 Å². The molecule has 0 atom stereocenters. The van der Waals surface area contributed by atoms with Crippen LogP contribution < -0.4 is 0 Å². The molecule has 7 nitrogen and oxygen atoms in total. The summed E-state index contributed by atoms with van der Waals surface area (Å²) in [6.45, 7) is 12.2. The first-order chi connectivity index (χ1) is 15.2. The molecular formula is C18H41Cl8N6OPt4-. The largest absolute Gasteiger partial charge is 0.693 e. The Morgan fingerprint density at radius 2 is 1.22 bits per heavy atom. The molecule has 0 spiro atoms. The van der Waals surface area contributed by atoms with E-state index in [9.17, 15) is 0 Å². The number of nitrogens with zero attached hydrogens (tertiary/aromatic N) is 3. The fraction of sp³-hybridized carbons (Fsp3) is 0.611. The van der Waals surface area contributed by atoms with Gasteiger partial charge < -0.3 is 48.3 Å². The summed E-state index contributed by atoms with van der Waals surface area (Å²) < 4.78 is 0. The predicted molar refractivity (Wildman–Crippen MR) is 165 cm³/mol. The van der Waals surface area contributed by atoms with Crippen molar-refractivity contribution in [2.75, 3.05) is 19.7 Å². The zero-order chi connectivity index (χ0) is 26.5. The molecule has 0 aromatic carbocycles. The van der Waals surface area contributed by atoms with Crippen LogP contribution in [0.3, 0.4) is 0 Å². The number of aliphatic hydroxyl groups excluding tert-OH is 1. The molecule has 37 heavy (non-hydrogen) atoms. The van der Waals surface area contributed by atoms with Crippen LogP contribution >= 0.6 is 75.3 Å². The van der Waals surface area contributed by atoms with E-state index in [4.69, 9.17) is 92.4 Å². The fourth-order valence-electron chi connectivity index (χ4n) is 1.04. The molecule has 2 aliphatic rings. The topological polar surface area (TPSA) is 169 Å². The SMILES string of the molecule is C.C1=CN=CC1.C1CC[N-]CC1.CC(C)=[N-].[CH-]=C(C)CO.[CH3-].[Cl][Pt+2][Cl].[Cl][Pt+2][Cl].[Cl][Pt+2][Cl].[Cl][Pt][Cl].[NH2-].[NH2-].[NH2-]. The maximum Gasteiger partial charge on any atom is -0.693 e. The predicted octanol–water partition coefficient (Wildman–Crippen LogP) is 12.7. The molecule has 0 amide bonds. The van der Waals surface area contributed by atoms with Gasteiger partial charge in [0.2, 0.25) is 0 Å². The molecule has 0 unspecified atom stereocenters. The van der Waals surface area contributed by atoms with Crippen molar-refractivity contribution in [3.05, 3.63) is 61.0 Å². The Morgan fingerprint density at radius 3 is 1.27 bits per heavy atom. The molecule has 2 rings (SSSR count). The number of hydrogen-bond donors (Lipinski definition) is 1. The van der Waals surface area contributed by atoms with E-state index in [0.29, 0.717) is 11.3 Å². The first kappa shape index (κ1) is 72.7. The number of aliphatic imine (C=N–C) groups is 1. The summed E-state index contributed by atoms with van der Waals surface area (Å²) in [5.41, 5.74) is 0.977. The maximum absolute atomic E-state index is 7.98. The smallest absolute Gasteiger partial charge is 0.693 e. The summed E-state index contributed by atoms with van der Waals surface area (Å²) in [6.07, 6.45) is 10.8. The van der Waals surface area contributed by atoms with Gasteiger partial charge in [-0.15, -0.1) is 13.1 Å². The van der Waals surface area contributed by atoms with Crippen molar-refractivity contribution in [1.29, 1.82) is 0 Å². The number of rotatable bonds is 1. The maximum atomic E-state index is 7.98. The molecule has 1 saturated heterocycles. The van der Waals surface area contributed by atoms with Gasteiger partial charge in [0.05, 0.1) is 0 Å². The van der Waals surface area contributed by atoms with E-state index in [1.165, 1.54) is 19.3 Å². The van der Waals surface area contributed by atoms with Gasteiger partial charge in [0.25, 0.3) is 0 Å². The van der Waals surface area contributed by atoms with Crippen molar-refractivity contribution >= 4 is 87.3 Å². The number of hydrogen-bond acceptors (Lipinski definition) is 2. The van der Waals surface area contributed by atoms with Crippen LogP contribution in [0.15, 0.2) is 22.8 Å². The number of nitrogens with two attached hydrogens (primary N) is 3. The normalized spacial score (nSPS) is 10.4. The number of allylic oxidation sites excluding steroid dienone is 1. The van der Waals surface area contributed by atoms with Gasteiger partial charge in [-0.2, -0.15) is 0 Å². The third kappa shape index (κ3) is 202. The first-order valence-electron chi connectivity index (χ1n) is 7.94. The summed E-state index contributed by atoms with van der Waals surface area (Å²) in [5, 5.41) is 20.1. The van der Waals surface area contributed by atoms with Crippen molar-refractivity contribution in [2.24, 2.45) is 4.99 Å². The molecule has 2 heterocycles. The minimum Gasteiger partial charge on any atom is -0.693 e. The molecule has 0 radical (unpaired) electrons. The van der Waals surface area contributed by atoms with Gasteiger partial charge in [-0.3, -0.25) is 4.99 Å². The molecule has 19 heteroatoms. The van der Waals surface area contributed by atoms with Crippen molar-refractivity contribution in [2.45, 2.75) is 53.9 Å². The van der Waals surface area contributed by atoms with Crippen LogP contribution in [0.4, 0.5) is 0 Å². The van der Waals surface area contributed by atoms with Crippen LogP contribution in [0.5, 0.6) is 0 Å². The second kappa shape index (κ2) is 90.0. The quantitative estimate of drug-likeness (QED) is 0.200. The second-order valence-electron chi connectivity index (χ2n) is 4.82. The summed E-state index contributed by atoms with van der Waals surface area (Å²) in [7, 11) is 39.0. The minimum atomic E-state index is -0.472. The molecule has 0 bridgehead atoms. The molecule has 0 aliphatic carbocycles. The van der Waals surface area contributed by atoms with Gasteiger partial charge in [0.1, 0.15) is 0 Å². The summed E-state index contributed by atoms with van der Waals surface area (Å²) >= 11 is -1.89. The summed E-state index contributed by atoms with van der Waals surface area (Å²) in [6, 6.07) is 0. The average molecular weight is 1420 g/mol. The number of halogens is 8. The van der Waals surface area contributed by atoms with Crippen LogP contribution in [0.1, 0.15) is 53.9 Å². The van der Waals surface area contributed by atoms with E-state index in [-0.39, 0.29) is 39.9 Å². The summed E-state index contributed by atoms with van der Waals surface area (Å²) in [5.74, 6) is 0. The van der Waals surface area contributed by atoms with E-state index in [1.54, 1.807) is 27.0 Å². The minimum absolute atomic E-state index is 0. The Balaban J connectivity index is -0.0000000231. The van der Waals surface area contributed by atoms with E-state index < -0.39 is 65.9 Å². The van der Waals surface area contributed by atoms with Gasteiger partial charge in [-0.1, -0.05) is 53.5 Å². The van der Waals surface area contributed by atoms with Crippen LogP contribution in [-0.4, -0.2) is 36.7 Å². The molecule has 0 aromatic rings. The molecule has 0 saturated carbocycles. The Labute approximate surface area is 293 Å². The van der Waals surface area contributed by atoms with Crippen LogP contribution in [0.2, 0.25) is 0 Å². The average Bonchev–Trinajstić information content (AvgIpc) is 3.32. The van der Waals surface area contributed by atoms with Crippen LogP contribution in [0.25, 0.3) is 29.2 Å². The Kier molecular flexibility index (Phi) is 177. The molecule has 1 fully saturated rings. The van der Waals surface area contributed by atoms with Crippen LogP contribution in [0, 0.1) is 14.0 Å². The van der Waals surface area contributed by atoms with Gasteiger partial charge >= 0.3 is 141 Å². The van der Waals surface area contributed by atoms with E-state index >= 15 is 0 Å². The zero-order valence-electron chi connectivity index (χ0n) is 20.1. The molecular weight excluding hydrogens is 1380 g/mol. The molecule has 2 aliphatic heterocycles. The Morgan fingerprint density at radius 1 is 0.946 bits per heavy atom. The Hall–Kier alpha value is 3.69. The van der Waals surface area contributed by atoms with Gasteiger partial charge in [-0.05, 0) is 0 Å². The monoisotopic (exact) mass is 1420 g/mol. The van der Waals surface area contributed by atoms with Crippen LogP contribution in [-0.2, 0) is 65.9 Å². The third-order valence-corrected chi connectivity index (χ3v) is 1.92. The second-order valence-corrected chi connectivity index (χ2v) is 17.9. The van der Waals surface area contributed by atoms with Gasteiger partial charge in [0, 0.05) is 25.4 Å². The number of aliphatic hydroxyl groups is 1. The van der Waals surface area contributed by atoms with Gasteiger partial charge in [0.15, 0.2) is 0 Å². The zero-order valence-corrected chi connectivity index (χ0v) is 35.2. The number of piperidine rings is 1. The standard InChI is InChI=1S/C5H10N.C4H5N.C4H7O.C3H6N.CH4.CH3.8ClH.3H2N.4Pt/c1-2-4-6-5-3-1;1-2-4-5-3-1;1-4(2)3-5;1-3(2)4;;;;;;;;;;;;;;;;;/h1-5H2;1,3-4H,2H2;1,5H,3H2,2H3;1-2H3;1H4;1H3;8*1H;3*1H2;;;;/q-1;;2*-1;;-1;;;;;;;;;3*-1;+2;3*+4/p-8. The molecule has 7 N–H and O–H groups in total. The van der Waals surface area contributed by atoms with Crippen molar-refractivity contribution in [1.82, 2.24) is 0 Å². The van der Waals surface area contributed by atoms with Gasteiger partial charge in [-0.25, -0.2) is 11.3 Å². The third-order valence-electron chi connectivity index (χ3n) is 1.92. The van der Waals surface area contributed by atoms with Crippen molar-refractivity contribution < 1.29 is 71.0 Å². The Bertz CT molecular complexity index is 363. The molecule has 246 valence electrons. The summed E-state index contributed by atoms with van der Waals surface area (Å²) in [4.78, 5) is 3.78. The van der Waals surface area contributed by atoms with Crippen molar-refractivity contribution in [3.63, 3.8) is 0 Å². The van der Waals surface area contributed by atoms with E-state index in [1.807, 2.05) is 12.3 Å². The van der Waals surface area contributed by atoms with E-state index in [0.717, 1.165) is 19.5 Å². The first-order valence-corrected chi connectivity index (χ1v) is 30.5. The fourth-order valence-corrected chi connectivity index (χ4v) is 1.04. The van der Waals surface area contributed by atoms with Crippen molar-refractivity contribution in [3.8, 4) is 0 Å². The molecule has 0 aromatic heterocycles.